The highest BCUT2D eigenvalue weighted by atomic mass is 35.5. The number of allylic oxidation sites excluding steroid dienone is 1. The molecule has 0 aliphatic rings. The molecule has 0 aliphatic carbocycles. The molecular formula is C21H21ClN2O4S. The highest BCUT2D eigenvalue weighted by Crippen LogP contribution is 2.38. The van der Waals surface area contributed by atoms with Crippen molar-refractivity contribution in [2.75, 3.05) is 18.1 Å². The Labute approximate surface area is 174 Å². The Bertz CT molecular complexity index is 1170. The molecule has 0 spiro atoms. The van der Waals surface area contributed by atoms with Gasteiger partial charge in [0.2, 0.25) is 10.0 Å². The van der Waals surface area contributed by atoms with Gasteiger partial charge in [0.15, 0.2) is 5.54 Å². The first-order valence-electron chi connectivity index (χ1n) is 8.76. The Morgan fingerprint density at radius 1 is 1.24 bits per heavy atom. The van der Waals surface area contributed by atoms with Crippen molar-refractivity contribution in [2.24, 2.45) is 0 Å². The van der Waals surface area contributed by atoms with Crippen LogP contribution >= 0.6 is 11.6 Å². The summed E-state index contributed by atoms with van der Waals surface area (Å²) in [7, 11) is -2.13. The minimum Gasteiger partial charge on any atom is -0.467 e. The number of hydrogen-bond donors (Lipinski definition) is 1. The second-order valence-electron chi connectivity index (χ2n) is 6.65. The van der Waals surface area contributed by atoms with Crippen molar-refractivity contribution < 1.29 is 17.9 Å². The smallest absolute Gasteiger partial charge is 0.337 e. The van der Waals surface area contributed by atoms with Crippen LogP contribution < -0.4 is 4.72 Å². The van der Waals surface area contributed by atoms with Crippen molar-refractivity contribution in [1.29, 1.82) is 0 Å². The van der Waals surface area contributed by atoms with Crippen molar-refractivity contribution in [3.63, 3.8) is 0 Å². The summed E-state index contributed by atoms with van der Waals surface area (Å²) in [5.74, 6) is -0.473. The zero-order valence-electron chi connectivity index (χ0n) is 16.1. The monoisotopic (exact) mass is 432 g/mol. The third-order valence-corrected chi connectivity index (χ3v) is 5.57. The van der Waals surface area contributed by atoms with Gasteiger partial charge < -0.3 is 9.30 Å². The molecule has 3 rings (SSSR count). The molecule has 0 fully saturated rings. The molecular weight excluding hydrogens is 412 g/mol. The van der Waals surface area contributed by atoms with Gasteiger partial charge in [0, 0.05) is 23.0 Å². The minimum absolute atomic E-state index is 0.259. The molecule has 0 saturated heterocycles. The number of benzene rings is 2. The van der Waals surface area contributed by atoms with Crippen LogP contribution in [0.5, 0.6) is 0 Å². The van der Waals surface area contributed by atoms with Crippen molar-refractivity contribution in [3.05, 3.63) is 78.0 Å². The summed E-state index contributed by atoms with van der Waals surface area (Å²) in [6.45, 7) is 3.82. The van der Waals surface area contributed by atoms with Crippen molar-refractivity contribution >= 4 is 44.2 Å². The number of methoxy groups -OCH3 is 1. The first-order chi connectivity index (χ1) is 13.7. The average molecular weight is 433 g/mol. The van der Waals surface area contributed by atoms with Gasteiger partial charge in [0.25, 0.3) is 0 Å². The molecule has 0 aliphatic heterocycles. The van der Waals surface area contributed by atoms with Crippen LogP contribution in [0.25, 0.3) is 10.9 Å². The number of halogens is 1. The van der Waals surface area contributed by atoms with E-state index in [4.69, 9.17) is 16.3 Å². The number of hydrogen-bond acceptors (Lipinski definition) is 4. The maximum Gasteiger partial charge on any atom is 0.337 e. The first-order valence-corrected chi connectivity index (χ1v) is 11.0. The molecule has 1 unspecified atom stereocenters. The molecule has 0 bridgehead atoms. The van der Waals surface area contributed by atoms with Gasteiger partial charge in [-0.25, -0.2) is 13.2 Å². The maximum atomic E-state index is 13.1. The molecule has 1 N–H and O–H groups in total. The van der Waals surface area contributed by atoms with E-state index in [-0.39, 0.29) is 6.42 Å². The largest absolute Gasteiger partial charge is 0.467 e. The Balaban J connectivity index is 2.33. The van der Waals surface area contributed by atoms with Crippen molar-refractivity contribution in [2.45, 2.75) is 12.0 Å². The molecule has 152 valence electrons. The van der Waals surface area contributed by atoms with Crippen LogP contribution in [0.2, 0.25) is 5.02 Å². The summed E-state index contributed by atoms with van der Waals surface area (Å²) < 4.78 is 33.0. The lowest BCUT2D eigenvalue weighted by molar-refractivity contribution is -0.148. The SMILES string of the molecule is C=CCC(C(=O)OC)(c1ccc(Cl)cc1)n1ccc2c(NS(C)(=O)=O)cccc21. The van der Waals surface area contributed by atoms with Crippen LogP contribution in [0.15, 0.2) is 67.4 Å². The molecule has 2 aromatic carbocycles. The Hall–Kier alpha value is -2.77. The Kier molecular flexibility index (Phi) is 5.73. The number of aromatic nitrogens is 1. The summed E-state index contributed by atoms with van der Waals surface area (Å²) in [5, 5.41) is 1.20. The van der Waals surface area contributed by atoms with E-state index >= 15 is 0 Å². The van der Waals surface area contributed by atoms with E-state index in [2.05, 4.69) is 11.3 Å². The Morgan fingerprint density at radius 2 is 1.93 bits per heavy atom. The number of ether oxygens (including phenoxy) is 1. The van der Waals surface area contributed by atoms with Crippen LogP contribution in [0.3, 0.4) is 0 Å². The molecule has 1 atom stereocenters. The van der Waals surface area contributed by atoms with Crippen molar-refractivity contribution in [1.82, 2.24) is 4.57 Å². The number of carbonyl (C=O) groups excluding carboxylic acids is 1. The van der Waals surface area contributed by atoms with Gasteiger partial charge >= 0.3 is 5.97 Å². The van der Waals surface area contributed by atoms with Crippen LogP contribution in [-0.2, 0) is 25.1 Å². The standard InChI is InChI=1S/C21H21ClN2O4S/c1-4-13-21(20(25)28-2,15-8-10-16(22)11-9-15)24-14-12-17-18(23-29(3,26)27)6-5-7-19(17)24/h4-12,14,23H,1,13H2,2-3H3. The van der Waals surface area contributed by atoms with E-state index in [1.54, 1.807) is 59.3 Å². The normalized spacial score (nSPS) is 13.6. The van der Waals surface area contributed by atoms with Gasteiger partial charge in [0.1, 0.15) is 0 Å². The number of anilines is 1. The highest BCUT2D eigenvalue weighted by molar-refractivity contribution is 7.92. The fourth-order valence-corrected chi connectivity index (χ4v) is 4.25. The zero-order chi connectivity index (χ0) is 21.2. The number of nitrogens with one attached hydrogen (secondary N) is 1. The molecule has 0 radical (unpaired) electrons. The lowest BCUT2D eigenvalue weighted by atomic mass is 9.85. The summed E-state index contributed by atoms with van der Waals surface area (Å²) in [5.41, 5.74) is 0.540. The number of fused-ring (bicyclic) bond motifs is 1. The molecule has 6 nitrogen and oxygen atoms in total. The third-order valence-electron chi connectivity index (χ3n) is 4.72. The van der Waals surface area contributed by atoms with Crippen LogP contribution in [0, 0.1) is 0 Å². The number of carbonyl (C=O) groups is 1. The second kappa shape index (κ2) is 7.93. The van der Waals surface area contributed by atoms with E-state index < -0.39 is 21.5 Å². The maximum absolute atomic E-state index is 13.1. The lowest BCUT2D eigenvalue weighted by Crippen LogP contribution is -2.43. The average Bonchev–Trinajstić information content (AvgIpc) is 3.11. The number of rotatable bonds is 7. The molecule has 3 aromatic rings. The highest BCUT2D eigenvalue weighted by Gasteiger charge is 2.43. The predicted octanol–water partition coefficient (Wildman–Crippen LogP) is 4.16. The fraction of sp³-hybridized carbons (Fsp3) is 0.190. The summed E-state index contributed by atoms with van der Waals surface area (Å²) in [4.78, 5) is 13.1. The number of sulfonamides is 1. The lowest BCUT2D eigenvalue weighted by Gasteiger charge is -2.33. The fourth-order valence-electron chi connectivity index (χ4n) is 3.55. The van der Waals surface area contributed by atoms with Gasteiger partial charge in [-0.3, -0.25) is 4.72 Å². The van der Waals surface area contributed by atoms with Gasteiger partial charge in [-0.2, -0.15) is 0 Å². The molecule has 1 aromatic heterocycles. The van der Waals surface area contributed by atoms with E-state index in [1.807, 2.05) is 6.07 Å². The predicted molar refractivity (Wildman–Crippen MR) is 116 cm³/mol. The van der Waals surface area contributed by atoms with Gasteiger partial charge in [-0.05, 0) is 35.9 Å². The van der Waals surface area contributed by atoms with Crippen molar-refractivity contribution in [3.8, 4) is 0 Å². The van der Waals surface area contributed by atoms with E-state index in [9.17, 15) is 13.2 Å². The topological polar surface area (TPSA) is 77.4 Å². The van der Waals surface area contributed by atoms with Crippen LogP contribution in [-0.4, -0.2) is 32.3 Å². The van der Waals surface area contributed by atoms with E-state index in [0.29, 0.717) is 27.2 Å². The van der Waals surface area contributed by atoms with Gasteiger partial charge in [0.05, 0.1) is 24.6 Å². The number of nitrogens with zero attached hydrogens (tertiary/aromatic N) is 1. The van der Waals surface area contributed by atoms with E-state index in [0.717, 1.165) is 6.26 Å². The van der Waals surface area contributed by atoms with E-state index in [1.165, 1.54) is 7.11 Å². The Morgan fingerprint density at radius 3 is 2.52 bits per heavy atom. The molecule has 1 heterocycles. The first kappa shape index (κ1) is 21.0. The quantitative estimate of drug-likeness (QED) is 0.449. The second-order valence-corrected chi connectivity index (χ2v) is 8.83. The van der Waals surface area contributed by atoms with Gasteiger partial charge in [-0.15, -0.1) is 6.58 Å². The summed E-state index contributed by atoms with van der Waals surface area (Å²) >= 11 is 6.05. The summed E-state index contributed by atoms with van der Waals surface area (Å²) in [6, 6.07) is 13.9. The molecule has 0 saturated carbocycles. The number of esters is 1. The van der Waals surface area contributed by atoms with Gasteiger partial charge in [-0.1, -0.05) is 35.9 Å². The molecule has 8 heteroatoms. The summed E-state index contributed by atoms with van der Waals surface area (Å²) in [6.07, 6.45) is 4.74. The zero-order valence-corrected chi connectivity index (χ0v) is 17.6. The third kappa shape index (κ3) is 3.88. The minimum atomic E-state index is -3.46. The molecule has 0 amide bonds. The van der Waals surface area contributed by atoms with Crippen LogP contribution in [0.4, 0.5) is 5.69 Å². The van der Waals surface area contributed by atoms with Crippen LogP contribution in [0.1, 0.15) is 12.0 Å². The molecule has 29 heavy (non-hydrogen) atoms.